The van der Waals surface area contributed by atoms with Crippen LogP contribution in [0.4, 0.5) is 0 Å². The van der Waals surface area contributed by atoms with Gasteiger partial charge >= 0.3 is 0 Å². The third-order valence-electron chi connectivity index (χ3n) is 10.9. The van der Waals surface area contributed by atoms with E-state index in [0.717, 1.165) is 0 Å². The Morgan fingerprint density at radius 3 is 1.48 bits per heavy atom. The van der Waals surface area contributed by atoms with E-state index in [4.69, 9.17) is 47.4 Å². The maximum atomic E-state index is 11.7. The van der Waals surface area contributed by atoms with Crippen molar-refractivity contribution in [2.75, 3.05) is 33.0 Å². The highest BCUT2D eigenvalue weighted by Gasteiger charge is 2.57. The largest absolute Gasteiger partial charge is 0.450 e. The maximum absolute atomic E-state index is 11.7. The molecule has 6 rings (SSSR count). The summed E-state index contributed by atoms with van der Waals surface area (Å²) >= 11 is 0. The van der Waals surface area contributed by atoms with E-state index in [0.29, 0.717) is 0 Å². The highest BCUT2D eigenvalue weighted by molar-refractivity contribution is 5.75. The van der Waals surface area contributed by atoms with Crippen molar-refractivity contribution in [1.82, 2.24) is 0 Å². The quantitative estimate of drug-likeness (QED) is 0.0818. The van der Waals surface area contributed by atoms with E-state index < -0.39 is 187 Å². The van der Waals surface area contributed by atoms with Crippen molar-refractivity contribution >= 4 is 5.90 Å². The van der Waals surface area contributed by atoms with Crippen LogP contribution < -0.4 is 0 Å². The van der Waals surface area contributed by atoms with Gasteiger partial charge in [0.15, 0.2) is 31.1 Å². The molecule has 0 aromatic rings. The van der Waals surface area contributed by atoms with Gasteiger partial charge in [0.1, 0.15) is 122 Å². The van der Waals surface area contributed by atoms with Crippen molar-refractivity contribution in [3.05, 3.63) is 0 Å². The van der Waals surface area contributed by atoms with Crippen molar-refractivity contribution in [3.63, 3.8) is 0 Å². The van der Waals surface area contributed by atoms with E-state index in [1.807, 2.05) is 0 Å². The number of aliphatic hydroxyl groups excluding tert-OH is 15. The molecule has 25 atom stereocenters. The first-order chi connectivity index (χ1) is 27.5. The third kappa shape index (κ3) is 9.02. The van der Waals surface area contributed by atoms with Gasteiger partial charge in [-0.25, -0.2) is 4.99 Å². The summed E-state index contributed by atoms with van der Waals surface area (Å²) in [5.74, 6) is 0.156. The van der Waals surface area contributed by atoms with Crippen molar-refractivity contribution in [2.24, 2.45) is 4.99 Å². The SMILES string of the molecule is CC1=NC2[C@@H](O1)OC(CO)[C@@H](O[C@@H]1OC(CO[C@H]3OC(CO)[C@@H](O)[C@H](O)C3O)[C@@H](O)[C@H](O[C@H]3O[C@@H](CO)[C@@H](O)C(O)C3O[C@H]3O[C@@H](CO)[C@@H](O)C(O)C3O)C1O)[C@@H]2O. The topological polar surface area (TPSA) is 408 Å². The fourth-order valence-corrected chi connectivity index (χ4v) is 7.53. The molecule has 5 fully saturated rings. The molecule has 6 aliphatic heterocycles. The van der Waals surface area contributed by atoms with E-state index in [2.05, 4.69) is 4.99 Å². The molecular weight excluding hydrogens is 798 g/mol. The number of hydrogen-bond acceptors (Lipinski definition) is 26. The van der Waals surface area contributed by atoms with E-state index in [1.54, 1.807) is 0 Å². The first kappa shape index (κ1) is 46.0. The van der Waals surface area contributed by atoms with Crippen LogP contribution in [0.3, 0.4) is 0 Å². The molecule has 336 valence electrons. The lowest BCUT2D eigenvalue weighted by Crippen LogP contribution is -2.68. The summed E-state index contributed by atoms with van der Waals surface area (Å²) in [6, 6.07) is -1.06. The van der Waals surface area contributed by atoms with Crippen molar-refractivity contribution in [3.8, 4) is 0 Å². The zero-order valence-corrected chi connectivity index (χ0v) is 30.7. The van der Waals surface area contributed by atoms with E-state index in [-0.39, 0.29) is 5.90 Å². The van der Waals surface area contributed by atoms with Crippen LogP contribution in [0.2, 0.25) is 0 Å². The molecule has 6 heterocycles. The van der Waals surface area contributed by atoms with Gasteiger partial charge in [-0.05, 0) is 0 Å². The van der Waals surface area contributed by atoms with Gasteiger partial charge in [0.25, 0.3) is 0 Å². The average Bonchev–Trinajstić information content (AvgIpc) is 3.60. The zero-order chi connectivity index (χ0) is 42.3. The summed E-state index contributed by atoms with van der Waals surface area (Å²) in [4.78, 5) is 4.17. The molecule has 26 nitrogen and oxygen atoms in total. The number of nitrogens with zero attached hydrogens (tertiary/aromatic N) is 1. The minimum Gasteiger partial charge on any atom is -0.450 e. The number of ether oxygens (including phenoxy) is 10. The predicted molar refractivity (Wildman–Crippen MR) is 176 cm³/mol. The summed E-state index contributed by atoms with van der Waals surface area (Å²) < 4.78 is 56.6. The molecular formula is C32H53NO25. The molecule has 0 aromatic carbocycles. The molecule has 0 aromatic heterocycles. The normalized spacial score (nSPS) is 52.5. The smallest absolute Gasteiger partial charge is 0.227 e. The number of rotatable bonds is 13. The second-order valence-electron chi connectivity index (χ2n) is 14.7. The highest BCUT2D eigenvalue weighted by Crippen LogP contribution is 2.36. The lowest BCUT2D eigenvalue weighted by atomic mass is 9.95. The summed E-state index contributed by atoms with van der Waals surface area (Å²) in [6.07, 6.45) is -42.6. The average molecular weight is 852 g/mol. The number of fused-ring (bicyclic) bond motifs is 1. The number of hydrogen-bond donors (Lipinski definition) is 15. The van der Waals surface area contributed by atoms with E-state index in [9.17, 15) is 76.6 Å². The molecule has 0 radical (unpaired) electrons. The van der Waals surface area contributed by atoms with Crippen LogP contribution in [0.25, 0.3) is 0 Å². The maximum Gasteiger partial charge on any atom is 0.227 e. The predicted octanol–water partition coefficient (Wildman–Crippen LogP) is -10.5. The summed E-state index contributed by atoms with van der Waals surface area (Å²) in [5.41, 5.74) is 0. The van der Waals surface area contributed by atoms with Crippen molar-refractivity contribution < 1.29 is 124 Å². The van der Waals surface area contributed by atoms with Crippen LogP contribution in [0, 0.1) is 0 Å². The Balaban J connectivity index is 1.28. The Kier molecular flexibility index (Phi) is 15.3. The first-order valence-corrected chi connectivity index (χ1v) is 18.5. The summed E-state index contributed by atoms with van der Waals surface area (Å²) in [7, 11) is 0. The first-order valence-electron chi connectivity index (χ1n) is 18.5. The van der Waals surface area contributed by atoms with Crippen molar-refractivity contribution in [2.45, 2.75) is 160 Å². The standard InChI is InChI=1S/C32H53NO25/c1-7-33-13-18(42)25(11(5-37)54-28(13)50-7)56-31-24(48)26(17(41)12(55-31)6-49-29-22(46)19(43)14(38)8(2-34)51-29)57-32-27(21(45)16(40)10(4-36)53-32)58-30-23(47)20(44)15(39)9(3-35)52-30/h8-32,34-48H,2-6H2,1H3/t8?,9-,10-,11?,12?,13?,14+,15+,16+,17+,18+,19-,20?,21?,22?,23?,24?,25+,26-,27?,28-,29-,30+,31-,32+/m0/s1. The minimum absolute atomic E-state index is 0.156. The van der Waals surface area contributed by atoms with E-state index in [1.165, 1.54) is 6.92 Å². The van der Waals surface area contributed by atoms with Crippen LogP contribution in [0.1, 0.15) is 6.92 Å². The van der Waals surface area contributed by atoms with Gasteiger partial charge in [-0.3, -0.25) is 0 Å². The van der Waals surface area contributed by atoms with Gasteiger partial charge in [-0.15, -0.1) is 0 Å². The molecule has 0 aliphatic carbocycles. The lowest BCUT2D eigenvalue weighted by Gasteiger charge is -2.49. The Labute approximate surface area is 328 Å². The Hall–Kier alpha value is -1.49. The molecule has 6 aliphatic rings. The summed E-state index contributed by atoms with van der Waals surface area (Å²) in [5, 5.41) is 158. The minimum atomic E-state index is -2.11. The molecule has 0 bridgehead atoms. The Morgan fingerprint density at radius 2 is 0.897 bits per heavy atom. The van der Waals surface area contributed by atoms with Crippen molar-refractivity contribution in [1.29, 1.82) is 0 Å². The van der Waals surface area contributed by atoms with E-state index >= 15 is 0 Å². The molecule has 0 saturated carbocycles. The highest BCUT2D eigenvalue weighted by atomic mass is 16.8. The second-order valence-corrected chi connectivity index (χ2v) is 14.7. The third-order valence-corrected chi connectivity index (χ3v) is 10.9. The second kappa shape index (κ2) is 19.3. The molecule has 15 N–H and O–H groups in total. The number of aliphatic imine (C=N–C) groups is 1. The van der Waals surface area contributed by atoms with Gasteiger partial charge in [0, 0.05) is 6.92 Å². The van der Waals surface area contributed by atoms with Crippen LogP contribution in [0.5, 0.6) is 0 Å². The van der Waals surface area contributed by atoms with Gasteiger partial charge in [0.05, 0.1) is 33.0 Å². The molecule has 0 spiro atoms. The summed E-state index contributed by atoms with van der Waals surface area (Å²) in [6.45, 7) is -2.64. The Morgan fingerprint density at radius 1 is 0.431 bits per heavy atom. The monoisotopic (exact) mass is 851 g/mol. The fraction of sp³-hybridized carbons (Fsp3) is 0.969. The van der Waals surface area contributed by atoms with Crippen LogP contribution in [0.15, 0.2) is 4.99 Å². The lowest BCUT2D eigenvalue weighted by molar-refractivity contribution is -0.396. The molecule has 10 unspecified atom stereocenters. The molecule has 26 heteroatoms. The molecule has 5 saturated heterocycles. The molecule has 0 amide bonds. The zero-order valence-electron chi connectivity index (χ0n) is 30.7. The van der Waals surface area contributed by atoms with Crippen LogP contribution in [-0.4, -0.2) is 269 Å². The van der Waals surface area contributed by atoms with Crippen LogP contribution >= 0.6 is 0 Å². The van der Waals surface area contributed by atoms with Gasteiger partial charge < -0.3 is 124 Å². The van der Waals surface area contributed by atoms with Gasteiger partial charge in [-0.1, -0.05) is 0 Å². The molecule has 58 heavy (non-hydrogen) atoms. The van der Waals surface area contributed by atoms with Gasteiger partial charge in [0.2, 0.25) is 6.29 Å². The Bertz CT molecular complexity index is 1350. The number of aliphatic hydroxyl groups is 15. The van der Waals surface area contributed by atoms with Gasteiger partial charge in [-0.2, -0.15) is 0 Å². The fourth-order valence-electron chi connectivity index (χ4n) is 7.53. The van der Waals surface area contributed by atoms with Crippen LogP contribution in [-0.2, 0) is 47.4 Å².